The van der Waals surface area contributed by atoms with E-state index in [4.69, 9.17) is 4.74 Å². The van der Waals surface area contributed by atoms with Gasteiger partial charge >= 0.3 is 108 Å². The van der Waals surface area contributed by atoms with Gasteiger partial charge in [0.25, 0.3) is 0 Å². The number of hydrogen-bond donors (Lipinski definition) is 1. The molecule has 0 radical (unpaired) electrons. The van der Waals surface area contributed by atoms with Crippen LogP contribution in [-0.2, 0) is 11.3 Å². The van der Waals surface area contributed by atoms with Crippen LogP contribution in [0.2, 0.25) is 0 Å². The minimum atomic E-state index is -0.434. The second kappa shape index (κ2) is 7.80. The summed E-state index contributed by atoms with van der Waals surface area (Å²) in [5.41, 5.74) is 0.963. The molecule has 4 nitrogen and oxygen atoms in total. The van der Waals surface area contributed by atoms with Gasteiger partial charge in [0.2, 0.25) is 0 Å². The molecule has 5 heteroatoms. The summed E-state index contributed by atoms with van der Waals surface area (Å²) in [4.78, 5) is 15.3. The summed E-state index contributed by atoms with van der Waals surface area (Å²) in [5.74, 6) is 0. The second-order valence-electron chi connectivity index (χ2n) is 3.54. The fraction of sp³-hybridized carbons (Fsp3) is 0.333. The maximum atomic E-state index is 11.4. The first-order valence-corrected chi connectivity index (χ1v) is 6.09. The van der Waals surface area contributed by atoms with Crippen LogP contribution in [0.1, 0.15) is 12.5 Å². The molecule has 0 fully saturated rings. The van der Waals surface area contributed by atoms with E-state index in [-0.39, 0.29) is 12.6 Å². The van der Waals surface area contributed by atoms with Crippen molar-refractivity contribution in [3.8, 4) is 0 Å². The van der Waals surface area contributed by atoms with E-state index in [1.807, 2.05) is 37.3 Å². The summed E-state index contributed by atoms with van der Waals surface area (Å²) < 4.78 is 7.60. The van der Waals surface area contributed by atoms with Crippen molar-refractivity contribution in [2.24, 2.45) is 4.99 Å². The first kappa shape index (κ1) is 13.7. The van der Waals surface area contributed by atoms with E-state index in [1.54, 1.807) is 0 Å². The average Bonchev–Trinajstić information content (AvgIpc) is 2.35. The van der Waals surface area contributed by atoms with Gasteiger partial charge < -0.3 is 0 Å². The van der Waals surface area contributed by atoms with Crippen LogP contribution in [-0.4, -0.2) is 39.0 Å². The Morgan fingerprint density at radius 3 is 2.88 bits per heavy atom. The molecule has 0 aliphatic rings. The number of carbonyl (C=O) groups is 1. The third-order valence-electron chi connectivity index (χ3n) is 2.01. The minimum absolute atomic E-state index is 0.0703. The van der Waals surface area contributed by atoms with Gasteiger partial charge in [-0.05, 0) is 0 Å². The second-order valence-corrected chi connectivity index (χ2v) is 3.92. The van der Waals surface area contributed by atoms with Crippen LogP contribution in [0.3, 0.4) is 0 Å². The Bertz CT molecular complexity index is 402. The van der Waals surface area contributed by atoms with E-state index in [2.05, 4.69) is 30.6 Å². The predicted octanol–water partition coefficient (Wildman–Crippen LogP) is 1.38. The van der Waals surface area contributed by atoms with Gasteiger partial charge in [0.1, 0.15) is 0 Å². The number of aliphatic imine (C=N–C) groups is 1. The monoisotopic (exact) mass is 298 g/mol. The Kier molecular flexibility index (Phi) is 6.26. The van der Waals surface area contributed by atoms with Gasteiger partial charge in [-0.2, -0.15) is 0 Å². The van der Waals surface area contributed by atoms with Crippen molar-refractivity contribution in [2.75, 3.05) is 6.54 Å². The molecule has 1 atom stereocenters. The van der Waals surface area contributed by atoms with E-state index in [1.165, 1.54) is 0 Å². The van der Waals surface area contributed by atoms with Crippen LogP contribution in [0.15, 0.2) is 35.3 Å². The molecule has 0 heterocycles. The first-order valence-electron chi connectivity index (χ1n) is 5.23. The summed E-state index contributed by atoms with van der Waals surface area (Å²) in [6, 6.07) is 9.47. The van der Waals surface area contributed by atoms with Crippen LogP contribution in [0, 0.1) is 0 Å². The van der Waals surface area contributed by atoms with Gasteiger partial charge in [0.15, 0.2) is 0 Å². The molecule has 0 aliphatic heterocycles. The molecular formula is C12H14N2O2Se. The third kappa shape index (κ3) is 6.03. The molecule has 1 N–H and O–H groups in total. The van der Waals surface area contributed by atoms with Crippen LogP contribution in [0.25, 0.3) is 0 Å². The van der Waals surface area contributed by atoms with Gasteiger partial charge in [-0.25, -0.2) is 0 Å². The Hall–Kier alpha value is -1.41. The van der Waals surface area contributed by atoms with Crippen LogP contribution in [0.5, 0.6) is 0 Å². The van der Waals surface area contributed by atoms with Crippen molar-refractivity contribution in [3.63, 3.8) is 0 Å². The zero-order valence-corrected chi connectivity index (χ0v) is 11.3. The van der Waals surface area contributed by atoms with Crippen molar-refractivity contribution in [3.05, 3.63) is 35.9 Å². The SMILES string of the molecule is CC(CN=C=[Se])NC(=O)OCc1ccccc1. The van der Waals surface area contributed by atoms with Gasteiger partial charge in [0.05, 0.1) is 0 Å². The molecule has 0 saturated heterocycles. The summed E-state index contributed by atoms with van der Waals surface area (Å²) in [6.45, 7) is 2.61. The standard InChI is InChI=1S/C12H14N2O2Se/c1-10(7-13-9-17)14-12(15)16-8-11-5-3-2-4-6-11/h2-6,10H,7-8H2,1H3,(H,14,15). The number of amides is 1. The fourth-order valence-corrected chi connectivity index (χ4v) is 1.34. The average molecular weight is 297 g/mol. The topological polar surface area (TPSA) is 50.7 Å². The van der Waals surface area contributed by atoms with Crippen molar-refractivity contribution in [1.82, 2.24) is 5.32 Å². The van der Waals surface area contributed by atoms with Crippen LogP contribution >= 0.6 is 0 Å². The normalized spacial score (nSPS) is 11.1. The molecule has 0 aromatic heterocycles. The van der Waals surface area contributed by atoms with Gasteiger partial charge in [-0.3, -0.25) is 0 Å². The molecule has 0 saturated carbocycles. The number of hydrogen-bond acceptors (Lipinski definition) is 3. The summed E-state index contributed by atoms with van der Waals surface area (Å²) >= 11 is 2.54. The number of ether oxygens (including phenoxy) is 1. The molecule has 17 heavy (non-hydrogen) atoms. The van der Waals surface area contributed by atoms with Crippen molar-refractivity contribution in [2.45, 2.75) is 19.6 Å². The summed E-state index contributed by atoms with van der Waals surface area (Å²) in [7, 11) is 0. The third-order valence-corrected chi connectivity index (χ3v) is 2.28. The molecule has 0 aliphatic carbocycles. The Morgan fingerprint density at radius 2 is 2.24 bits per heavy atom. The van der Waals surface area contributed by atoms with Crippen molar-refractivity contribution >= 4 is 26.4 Å². The van der Waals surface area contributed by atoms with Gasteiger partial charge in [-0.1, -0.05) is 0 Å². The number of benzene rings is 1. The molecule has 1 aromatic rings. The Morgan fingerprint density at radius 1 is 1.53 bits per heavy atom. The molecule has 1 unspecified atom stereocenters. The van der Waals surface area contributed by atoms with Crippen LogP contribution in [0.4, 0.5) is 4.79 Å². The number of carbonyl (C=O) groups excluding carboxylic acids is 1. The van der Waals surface area contributed by atoms with Crippen molar-refractivity contribution < 1.29 is 9.53 Å². The zero-order valence-electron chi connectivity index (χ0n) is 9.55. The molecule has 0 bridgehead atoms. The number of nitrogens with zero attached hydrogens (tertiary/aromatic N) is 1. The Balaban J connectivity index is 2.28. The molecule has 1 aromatic carbocycles. The Labute approximate surface area is 108 Å². The molecule has 0 spiro atoms. The number of rotatable bonds is 5. The molecule has 1 amide bonds. The van der Waals surface area contributed by atoms with Gasteiger partial charge in [-0.15, -0.1) is 0 Å². The van der Waals surface area contributed by atoms with E-state index in [0.29, 0.717) is 6.54 Å². The molecule has 90 valence electrons. The number of alkyl carbamates (subject to hydrolysis) is 1. The van der Waals surface area contributed by atoms with Gasteiger partial charge in [0, 0.05) is 0 Å². The first-order chi connectivity index (χ1) is 8.22. The fourth-order valence-electron chi connectivity index (χ4n) is 1.19. The number of nitrogens with one attached hydrogen (secondary N) is 1. The van der Waals surface area contributed by atoms with Crippen LogP contribution < -0.4 is 5.32 Å². The zero-order chi connectivity index (χ0) is 12.5. The predicted molar refractivity (Wildman–Crippen MR) is 67.3 cm³/mol. The van der Waals surface area contributed by atoms with E-state index >= 15 is 0 Å². The quantitative estimate of drug-likeness (QED) is 0.659. The van der Waals surface area contributed by atoms with E-state index in [9.17, 15) is 4.79 Å². The maximum absolute atomic E-state index is 11.4. The van der Waals surface area contributed by atoms with E-state index < -0.39 is 6.09 Å². The summed E-state index contributed by atoms with van der Waals surface area (Å²) in [5, 5.41) is 2.68. The van der Waals surface area contributed by atoms with E-state index in [0.717, 1.165) is 5.56 Å². The molecule has 1 rings (SSSR count). The summed E-state index contributed by atoms with van der Waals surface area (Å²) in [6.07, 6.45) is -0.434. The van der Waals surface area contributed by atoms with Crippen molar-refractivity contribution in [1.29, 1.82) is 0 Å². The molecular weight excluding hydrogens is 283 g/mol.